The maximum absolute atomic E-state index is 12.0. The van der Waals surface area contributed by atoms with Gasteiger partial charge in [0.05, 0.1) is 12.0 Å². The Morgan fingerprint density at radius 2 is 1.95 bits per heavy atom. The average molecular weight is 283 g/mol. The topological polar surface area (TPSA) is 41.1 Å². The van der Waals surface area contributed by atoms with E-state index in [2.05, 4.69) is 49.6 Å². The van der Waals surface area contributed by atoms with Crippen molar-refractivity contribution in [1.82, 2.24) is 10.6 Å². The van der Waals surface area contributed by atoms with Crippen LogP contribution in [0, 0.1) is 19.8 Å². The van der Waals surface area contributed by atoms with Gasteiger partial charge in [0.1, 0.15) is 0 Å². The summed E-state index contributed by atoms with van der Waals surface area (Å²) in [5.41, 5.74) is 3.68. The zero-order valence-corrected chi connectivity index (χ0v) is 12.6. The van der Waals surface area contributed by atoms with E-state index >= 15 is 0 Å². The molecule has 2 unspecified atom stereocenters. The number of carbonyl (C=O) groups excluding carboxylic acids is 1. The summed E-state index contributed by atoms with van der Waals surface area (Å²) in [6.07, 6.45) is 0.950. The molecule has 2 rings (SSSR count). The lowest BCUT2D eigenvalue weighted by Crippen LogP contribution is -2.33. The van der Waals surface area contributed by atoms with Crippen LogP contribution in [0.4, 0.5) is 0 Å². The highest BCUT2D eigenvalue weighted by atomic mass is 35.5. The zero-order chi connectivity index (χ0) is 13.1. The largest absolute Gasteiger partial charge is 0.349 e. The first-order chi connectivity index (χ1) is 8.56. The fourth-order valence-corrected chi connectivity index (χ4v) is 2.55. The van der Waals surface area contributed by atoms with E-state index in [0.717, 1.165) is 19.5 Å². The second-order valence-electron chi connectivity index (χ2n) is 5.34. The van der Waals surface area contributed by atoms with E-state index in [0.29, 0.717) is 0 Å². The van der Waals surface area contributed by atoms with Crippen molar-refractivity contribution in [3.63, 3.8) is 0 Å². The molecular weight excluding hydrogens is 260 g/mol. The number of rotatable bonds is 3. The van der Waals surface area contributed by atoms with Crippen molar-refractivity contribution in [3.8, 4) is 0 Å². The van der Waals surface area contributed by atoms with Crippen LogP contribution in [0.1, 0.15) is 36.1 Å². The van der Waals surface area contributed by atoms with Crippen molar-refractivity contribution in [3.05, 3.63) is 34.9 Å². The van der Waals surface area contributed by atoms with Crippen LogP contribution in [0.3, 0.4) is 0 Å². The van der Waals surface area contributed by atoms with Crippen molar-refractivity contribution in [2.24, 2.45) is 5.92 Å². The van der Waals surface area contributed by atoms with Gasteiger partial charge in [-0.05, 0) is 39.3 Å². The lowest BCUT2D eigenvalue weighted by Gasteiger charge is -2.18. The molecular formula is C15H23ClN2O. The number of nitrogens with one attached hydrogen (secondary N) is 2. The normalized spacial score (nSPS) is 19.6. The quantitative estimate of drug-likeness (QED) is 0.894. The molecule has 4 heteroatoms. The Morgan fingerprint density at radius 1 is 1.32 bits per heavy atom. The van der Waals surface area contributed by atoms with Gasteiger partial charge in [-0.25, -0.2) is 0 Å². The number of halogens is 1. The minimum absolute atomic E-state index is 0. The van der Waals surface area contributed by atoms with Crippen LogP contribution in [0.15, 0.2) is 18.2 Å². The average Bonchev–Trinajstić information content (AvgIpc) is 2.80. The lowest BCUT2D eigenvalue weighted by molar-refractivity contribution is -0.125. The SMILES string of the molecule is Cc1cc(C)cc(C(C)NC(=O)C2CCNC2)c1.Cl. The van der Waals surface area contributed by atoms with Crippen LogP contribution in [-0.2, 0) is 4.79 Å². The Labute approximate surface area is 121 Å². The van der Waals surface area contributed by atoms with Crippen molar-refractivity contribution in [1.29, 1.82) is 0 Å². The predicted molar refractivity (Wildman–Crippen MR) is 80.7 cm³/mol. The Balaban J connectivity index is 0.00000180. The summed E-state index contributed by atoms with van der Waals surface area (Å²) in [6, 6.07) is 6.52. The molecule has 1 aromatic rings. The molecule has 0 bridgehead atoms. The van der Waals surface area contributed by atoms with E-state index in [1.165, 1.54) is 16.7 Å². The Hall–Kier alpha value is -1.06. The van der Waals surface area contributed by atoms with Gasteiger partial charge in [-0.2, -0.15) is 0 Å². The summed E-state index contributed by atoms with van der Waals surface area (Å²) in [7, 11) is 0. The molecule has 106 valence electrons. The Morgan fingerprint density at radius 3 is 2.47 bits per heavy atom. The van der Waals surface area contributed by atoms with Crippen LogP contribution in [0.5, 0.6) is 0 Å². The molecule has 3 nitrogen and oxygen atoms in total. The number of amides is 1. The third-order valence-electron chi connectivity index (χ3n) is 3.53. The van der Waals surface area contributed by atoms with Gasteiger partial charge < -0.3 is 10.6 Å². The van der Waals surface area contributed by atoms with Crippen LogP contribution >= 0.6 is 12.4 Å². The monoisotopic (exact) mass is 282 g/mol. The fraction of sp³-hybridized carbons (Fsp3) is 0.533. The number of hydrogen-bond donors (Lipinski definition) is 2. The Bertz CT molecular complexity index is 422. The van der Waals surface area contributed by atoms with Gasteiger partial charge in [-0.15, -0.1) is 12.4 Å². The van der Waals surface area contributed by atoms with E-state index in [9.17, 15) is 4.79 Å². The minimum Gasteiger partial charge on any atom is -0.349 e. The van der Waals surface area contributed by atoms with Crippen LogP contribution in [-0.4, -0.2) is 19.0 Å². The maximum atomic E-state index is 12.0. The second-order valence-corrected chi connectivity index (χ2v) is 5.34. The highest BCUT2D eigenvalue weighted by Crippen LogP contribution is 2.18. The number of aryl methyl sites for hydroxylation is 2. The highest BCUT2D eigenvalue weighted by Gasteiger charge is 2.23. The third kappa shape index (κ3) is 4.22. The standard InChI is InChI=1S/C15H22N2O.ClH/c1-10-6-11(2)8-14(7-10)12(3)17-15(18)13-4-5-16-9-13;/h6-8,12-13,16H,4-5,9H2,1-3H3,(H,17,18);1H. The summed E-state index contributed by atoms with van der Waals surface area (Å²) in [5, 5.41) is 6.34. The van der Waals surface area contributed by atoms with Gasteiger partial charge in [-0.3, -0.25) is 4.79 Å². The first kappa shape index (κ1) is 16.0. The molecule has 1 aliphatic rings. The van der Waals surface area contributed by atoms with Crippen molar-refractivity contribution in [2.75, 3.05) is 13.1 Å². The van der Waals surface area contributed by atoms with Crippen LogP contribution in [0.25, 0.3) is 0 Å². The molecule has 0 saturated carbocycles. The molecule has 2 atom stereocenters. The summed E-state index contributed by atoms with van der Waals surface area (Å²) >= 11 is 0. The van der Waals surface area contributed by atoms with Gasteiger partial charge >= 0.3 is 0 Å². The van der Waals surface area contributed by atoms with Gasteiger partial charge in [0.15, 0.2) is 0 Å². The summed E-state index contributed by atoms with van der Waals surface area (Å²) < 4.78 is 0. The third-order valence-corrected chi connectivity index (χ3v) is 3.53. The molecule has 2 N–H and O–H groups in total. The minimum atomic E-state index is 0. The van der Waals surface area contributed by atoms with E-state index in [1.807, 2.05) is 0 Å². The molecule has 0 radical (unpaired) electrons. The number of hydrogen-bond acceptors (Lipinski definition) is 2. The predicted octanol–water partition coefficient (Wildman–Crippen LogP) is 2.51. The van der Waals surface area contributed by atoms with Gasteiger partial charge in [0.2, 0.25) is 5.91 Å². The highest BCUT2D eigenvalue weighted by molar-refractivity contribution is 5.85. The molecule has 0 aliphatic carbocycles. The van der Waals surface area contributed by atoms with Gasteiger partial charge in [0.25, 0.3) is 0 Å². The molecule has 19 heavy (non-hydrogen) atoms. The first-order valence-corrected chi connectivity index (χ1v) is 6.65. The van der Waals surface area contributed by atoms with Gasteiger partial charge in [-0.1, -0.05) is 29.3 Å². The van der Waals surface area contributed by atoms with Crippen molar-refractivity contribution >= 4 is 18.3 Å². The zero-order valence-electron chi connectivity index (χ0n) is 11.8. The maximum Gasteiger partial charge on any atom is 0.224 e. The summed E-state index contributed by atoms with van der Waals surface area (Å²) in [4.78, 5) is 12.0. The number of benzene rings is 1. The molecule has 0 spiro atoms. The first-order valence-electron chi connectivity index (χ1n) is 6.65. The van der Waals surface area contributed by atoms with Crippen molar-refractivity contribution < 1.29 is 4.79 Å². The van der Waals surface area contributed by atoms with E-state index < -0.39 is 0 Å². The number of carbonyl (C=O) groups is 1. The summed E-state index contributed by atoms with van der Waals surface area (Å²) in [6.45, 7) is 7.99. The summed E-state index contributed by atoms with van der Waals surface area (Å²) in [5.74, 6) is 0.310. The molecule has 1 amide bonds. The van der Waals surface area contributed by atoms with Gasteiger partial charge in [0, 0.05) is 6.54 Å². The Kier molecular flexibility index (Phi) is 5.83. The van der Waals surface area contributed by atoms with E-state index in [4.69, 9.17) is 0 Å². The fourth-order valence-electron chi connectivity index (χ4n) is 2.55. The van der Waals surface area contributed by atoms with Crippen LogP contribution < -0.4 is 10.6 Å². The molecule has 1 saturated heterocycles. The molecule has 1 fully saturated rings. The van der Waals surface area contributed by atoms with E-state index in [-0.39, 0.29) is 30.3 Å². The molecule has 0 aromatic heterocycles. The molecule has 1 aliphatic heterocycles. The van der Waals surface area contributed by atoms with E-state index in [1.54, 1.807) is 0 Å². The van der Waals surface area contributed by atoms with Crippen LogP contribution in [0.2, 0.25) is 0 Å². The van der Waals surface area contributed by atoms with Crippen molar-refractivity contribution in [2.45, 2.75) is 33.2 Å². The smallest absolute Gasteiger partial charge is 0.224 e. The molecule has 1 heterocycles. The molecule has 1 aromatic carbocycles. The second kappa shape index (κ2) is 6.92. The lowest BCUT2D eigenvalue weighted by atomic mass is 10.0.